The number of nitrogens with one attached hydrogen (secondary N) is 2. The number of hydrogen-bond donors (Lipinski definition) is 2. The lowest BCUT2D eigenvalue weighted by molar-refractivity contribution is 0.262. The molecule has 4 nitrogen and oxygen atoms in total. The molecule has 0 saturated carbocycles. The molecule has 0 saturated heterocycles. The van der Waals surface area contributed by atoms with Gasteiger partial charge in [0.25, 0.3) is 0 Å². The molecule has 3 aromatic rings. The molecular formula is C16H10ClF2N3O. The number of aromatic nitrogens is 1. The van der Waals surface area contributed by atoms with Crippen LogP contribution in [0.15, 0.2) is 48.7 Å². The lowest BCUT2D eigenvalue weighted by Crippen LogP contribution is -2.20. The van der Waals surface area contributed by atoms with Gasteiger partial charge in [-0.05, 0) is 36.4 Å². The van der Waals surface area contributed by atoms with Crippen LogP contribution in [0.5, 0.6) is 0 Å². The topological polar surface area (TPSA) is 54.0 Å². The highest BCUT2D eigenvalue weighted by Crippen LogP contribution is 2.21. The van der Waals surface area contributed by atoms with Gasteiger partial charge in [0.1, 0.15) is 11.6 Å². The summed E-state index contributed by atoms with van der Waals surface area (Å²) in [5.74, 6) is -1.58. The maximum Gasteiger partial charge on any atom is 0.323 e. The normalized spacial score (nSPS) is 10.6. The number of carbonyl (C=O) groups excluding carboxylic acids is 1. The zero-order valence-electron chi connectivity index (χ0n) is 11.6. The van der Waals surface area contributed by atoms with Gasteiger partial charge in [-0.1, -0.05) is 11.6 Å². The van der Waals surface area contributed by atoms with Crippen LogP contribution in [0.2, 0.25) is 5.02 Å². The largest absolute Gasteiger partial charge is 0.323 e. The zero-order valence-corrected chi connectivity index (χ0v) is 12.4. The van der Waals surface area contributed by atoms with E-state index in [1.807, 2.05) is 0 Å². The minimum Gasteiger partial charge on any atom is -0.306 e. The summed E-state index contributed by atoms with van der Waals surface area (Å²) >= 11 is 5.91. The van der Waals surface area contributed by atoms with Gasteiger partial charge in [-0.15, -0.1) is 0 Å². The zero-order chi connectivity index (χ0) is 16.4. The van der Waals surface area contributed by atoms with E-state index >= 15 is 0 Å². The molecule has 2 N–H and O–H groups in total. The van der Waals surface area contributed by atoms with Gasteiger partial charge in [0.15, 0.2) is 0 Å². The van der Waals surface area contributed by atoms with E-state index in [0.717, 1.165) is 23.0 Å². The molecule has 1 aromatic heterocycles. The number of nitrogens with zero attached hydrogens (tertiary/aromatic N) is 1. The maximum absolute atomic E-state index is 13.5. The molecule has 23 heavy (non-hydrogen) atoms. The summed E-state index contributed by atoms with van der Waals surface area (Å²) in [7, 11) is 0. The number of halogens is 3. The molecule has 0 aliphatic rings. The fourth-order valence-corrected chi connectivity index (χ4v) is 2.23. The fourth-order valence-electron chi connectivity index (χ4n) is 2.05. The highest BCUT2D eigenvalue weighted by atomic mass is 35.5. The van der Waals surface area contributed by atoms with Crippen LogP contribution in [0, 0.1) is 11.6 Å². The molecule has 3 rings (SSSR count). The summed E-state index contributed by atoms with van der Waals surface area (Å²) in [5, 5.41) is 6.13. The number of hydrogen-bond acceptors (Lipinski definition) is 2. The first-order valence-corrected chi connectivity index (χ1v) is 6.97. The minimum absolute atomic E-state index is 0.124. The second-order valence-electron chi connectivity index (χ2n) is 4.76. The van der Waals surface area contributed by atoms with Crippen molar-refractivity contribution in [2.45, 2.75) is 0 Å². The quantitative estimate of drug-likeness (QED) is 0.707. The van der Waals surface area contributed by atoms with E-state index < -0.39 is 17.7 Å². The second kappa shape index (κ2) is 6.18. The number of urea groups is 1. The smallest absolute Gasteiger partial charge is 0.306 e. The standard InChI is InChI=1S/C16H10ClF2N3O/c17-10-1-3-14-9(5-10)6-12(8-20-14)21-16(23)22-15-4-2-11(18)7-13(15)19/h1-8H,(H2,21,22,23). The monoisotopic (exact) mass is 333 g/mol. The van der Waals surface area contributed by atoms with Gasteiger partial charge in [0.2, 0.25) is 0 Å². The number of rotatable bonds is 2. The van der Waals surface area contributed by atoms with E-state index in [0.29, 0.717) is 16.8 Å². The summed E-state index contributed by atoms with van der Waals surface area (Å²) in [5.41, 5.74) is 1.02. The Morgan fingerprint density at radius 1 is 1.04 bits per heavy atom. The van der Waals surface area contributed by atoms with Crippen LogP contribution < -0.4 is 10.6 Å². The fraction of sp³-hybridized carbons (Fsp3) is 0. The van der Waals surface area contributed by atoms with Crippen LogP contribution in [-0.2, 0) is 0 Å². The van der Waals surface area contributed by atoms with Crippen LogP contribution in [0.3, 0.4) is 0 Å². The van der Waals surface area contributed by atoms with Gasteiger partial charge in [-0.2, -0.15) is 0 Å². The van der Waals surface area contributed by atoms with E-state index in [2.05, 4.69) is 15.6 Å². The Hall–Kier alpha value is -2.73. The molecule has 0 atom stereocenters. The van der Waals surface area contributed by atoms with Gasteiger partial charge in [0.05, 0.1) is 23.1 Å². The Bertz CT molecular complexity index is 902. The Morgan fingerprint density at radius 3 is 2.65 bits per heavy atom. The maximum atomic E-state index is 13.5. The van der Waals surface area contributed by atoms with Crippen LogP contribution in [0.1, 0.15) is 0 Å². The van der Waals surface area contributed by atoms with Crippen molar-refractivity contribution in [1.29, 1.82) is 0 Å². The molecule has 0 aliphatic heterocycles. The Balaban J connectivity index is 1.77. The van der Waals surface area contributed by atoms with Gasteiger partial charge in [-0.25, -0.2) is 13.6 Å². The summed E-state index contributed by atoms with van der Waals surface area (Å²) < 4.78 is 26.3. The molecular weight excluding hydrogens is 324 g/mol. The van der Waals surface area contributed by atoms with Gasteiger partial charge in [-0.3, -0.25) is 4.98 Å². The summed E-state index contributed by atoms with van der Waals surface area (Å²) in [6.07, 6.45) is 1.47. The van der Waals surface area contributed by atoms with Gasteiger partial charge in [0, 0.05) is 16.5 Å². The highest BCUT2D eigenvalue weighted by molar-refractivity contribution is 6.31. The van der Waals surface area contributed by atoms with E-state index in [1.165, 1.54) is 6.20 Å². The molecule has 116 valence electrons. The van der Waals surface area contributed by atoms with Crippen LogP contribution in [0.25, 0.3) is 10.9 Å². The third-order valence-corrected chi connectivity index (χ3v) is 3.32. The summed E-state index contributed by atoms with van der Waals surface area (Å²) in [6.45, 7) is 0. The molecule has 0 spiro atoms. The van der Waals surface area contributed by atoms with Gasteiger partial charge >= 0.3 is 6.03 Å². The van der Waals surface area contributed by atoms with Crippen molar-refractivity contribution in [2.75, 3.05) is 10.6 Å². The van der Waals surface area contributed by atoms with Gasteiger partial charge < -0.3 is 10.6 Å². The SMILES string of the molecule is O=C(Nc1cnc2ccc(Cl)cc2c1)Nc1ccc(F)cc1F. The van der Waals surface area contributed by atoms with Crippen LogP contribution in [-0.4, -0.2) is 11.0 Å². The molecule has 0 unspecified atom stereocenters. The summed E-state index contributed by atoms with van der Waals surface area (Å²) in [4.78, 5) is 16.1. The number of pyridine rings is 1. The first-order chi connectivity index (χ1) is 11.0. The van der Waals surface area contributed by atoms with Crippen LogP contribution >= 0.6 is 11.6 Å². The minimum atomic E-state index is -0.858. The number of benzene rings is 2. The van der Waals surface area contributed by atoms with E-state index in [-0.39, 0.29) is 5.69 Å². The van der Waals surface area contributed by atoms with Crippen molar-refractivity contribution in [2.24, 2.45) is 0 Å². The lowest BCUT2D eigenvalue weighted by Gasteiger charge is -2.09. The average molecular weight is 334 g/mol. The average Bonchev–Trinajstić information content (AvgIpc) is 2.49. The predicted molar refractivity (Wildman–Crippen MR) is 85.8 cm³/mol. The predicted octanol–water partition coefficient (Wildman–Crippen LogP) is 4.81. The number of fused-ring (bicyclic) bond motifs is 1. The first kappa shape index (κ1) is 15.2. The lowest BCUT2D eigenvalue weighted by atomic mass is 10.2. The van der Waals surface area contributed by atoms with Crippen molar-refractivity contribution < 1.29 is 13.6 Å². The Kier molecular flexibility index (Phi) is 4.08. The molecule has 7 heteroatoms. The van der Waals surface area contributed by atoms with Crippen molar-refractivity contribution in [3.8, 4) is 0 Å². The number of anilines is 2. The Morgan fingerprint density at radius 2 is 1.87 bits per heavy atom. The van der Waals surface area contributed by atoms with Crippen molar-refractivity contribution in [1.82, 2.24) is 4.98 Å². The van der Waals surface area contributed by atoms with Crippen molar-refractivity contribution >= 4 is 39.9 Å². The highest BCUT2D eigenvalue weighted by Gasteiger charge is 2.09. The van der Waals surface area contributed by atoms with Crippen molar-refractivity contribution in [3.05, 3.63) is 65.3 Å². The second-order valence-corrected chi connectivity index (χ2v) is 5.20. The first-order valence-electron chi connectivity index (χ1n) is 6.59. The third-order valence-electron chi connectivity index (χ3n) is 3.08. The molecule has 0 fully saturated rings. The third kappa shape index (κ3) is 3.54. The van der Waals surface area contributed by atoms with E-state index in [9.17, 15) is 13.6 Å². The van der Waals surface area contributed by atoms with E-state index in [4.69, 9.17) is 11.6 Å². The molecule has 0 aliphatic carbocycles. The Labute approximate surface area is 135 Å². The van der Waals surface area contributed by atoms with E-state index in [1.54, 1.807) is 24.3 Å². The van der Waals surface area contributed by atoms with Crippen molar-refractivity contribution in [3.63, 3.8) is 0 Å². The molecule has 0 bridgehead atoms. The van der Waals surface area contributed by atoms with Crippen LogP contribution in [0.4, 0.5) is 25.0 Å². The summed E-state index contributed by atoms with van der Waals surface area (Å²) in [6, 6.07) is 9.10. The molecule has 2 aromatic carbocycles. The number of carbonyl (C=O) groups is 1. The molecule has 0 radical (unpaired) electrons. The molecule has 1 heterocycles. The molecule has 2 amide bonds. The number of amides is 2.